The van der Waals surface area contributed by atoms with E-state index in [1.807, 2.05) is 25.8 Å². The largest absolute Gasteiger partial charge is 0.470 e. The summed E-state index contributed by atoms with van der Waals surface area (Å²) in [6.07, 6.45) is 1.21. The lowest BCUT2D eigenvalue weighted by Crippen LogP contribution is -2.14. The van der Waals surface area contributed by atoms with Crippen molar-refractivity contribution in [3.8, 4) is 5.88 Å². The molecule has 0 saturated heterocycles. The van der Waals surface area contributed by atoms with Crippen LogP contribution in [0.5, 0.6) is 5.88 Å². The summed E-state index contributed by atoms with van der Waals surface area (Å²) >= 11 is 0. The molecule has 0 aliphatic rings. The van der Waals surface area contributed by atoms with Crippen LogP contribution in [0.2, 0.25) is 0 Å². The number of ether oxygens (including phenoxy) is 1. The smallest absolute Gasteiger partial charge is 0.214 e. The van der Waals surface area contributed by atoms with E-state index in [1.54, 1.807) is 25.4 Å². The minimum atomic E-state index is -0.630. The monoisotopic (exact) mass is 333 g/mol. The molecule has 0 aliphatic carbocycles. The van der Waals surface area contributed by atoms with Crippen molar-refractivity contribution in [2.75, 3.05) is 13.6 Å². The molecule has 0 N–H and O–H groups in total. The van der Waals surface area contributed by atoms with Crippen LogP contribution in [0.1, 0.15) is 31.2 Å². The van der Waals surface area contributed by atoms with Gasteiger partial charge in [-0.2, -0.15) is 0 Å². The quantitative estimate of drug-likeness (QED) is 0.580. The Labute approximate surface area is 140 Å². The van der Waals surface area contributed by atoms with Gasteiger partial charge in [-0.1, -0.05) is 0 Å². The van der Waals surface area contributed by atoms with Crippen molar-refractivity contribution in [1.29, 1.82) is 0 Å². The van der Waals surface area contributed by atoms with Crippen molar-refractivity contribution in [3.05, 3.63) is 53.2 Å². The highest BCUT2D eigenvalue weighted by Crippen LogP contribution is 2.25. The topological polar surface area (TPSA) is 37.7 Å². The maximum absolute atomic E-state index is 13.3. The minimum absolute atomic E-state index is 0.382. The molecule has 6 heteroatoms. The first kappa shape index (κ1) is 17.8. The van der Waals surface area contributed by atoms with Crippen LogP contribution < -0.4 is 4.74 Å². The Balaban J connectivity index is 2.12. The summed E-state index contributed by atoms with van der Waals surface area (Å²) in [4.78, 5) is 10.7. The summed E-state index contributed by atoms with van der Waals surface area (Å²) in [5.74, 6) is -0.879. The molecule has 0 unspecified atom stereocenters. The molecule has 0 fully saturated rings. The van der Waals surface area contributed by atoms with E-state index in [0.29, 0.717) is 17.1 Å². The average Bonchev–Trinajstić information content (AvgIpc) is 2.52. The number of pyridine rings is 1. The fourth-order valence-corrected chi connectivity index (χ4v) is 2.03. The number of aliphatic imine (C=N–C) groups is 1. The van der Waals surface area contributed by atoms with Gasteiger partial charge in [-0.25, -0.2) is 18.8 Å². The zero-order chi connectivity index (χ0) is 17.7. The van der Waals surface area contributed by atoms with Crippen LogP contribution in [-0.4, -0.2) is 29.8 Å². The maximum atomic E-state index is 13.3. The Morgan fingerprint density at radius 1 is 1.25 bits per heavy atom. The third kappa shape index (κ3) is 4.75. The number of aromatic nitrogens is 1. The van der Waals surface area contributed by atoms with Gasteiger partial charge in [0.2, 0.25) is 5.88 Å². The van der Waals surface area contributed by atoms with E-state index >= 15 is 0 Å². The maximum Gasteiger partial charge on any atom is 0.214 e. The van der Waals surface area contributed by atoms with Gasteiger partial charge >= 0.3 is 0 Å². The van der Waals surface area contributed by atoms with Gasteiger partial charge in [-0.15, -0.1) is 0 Å². The summed E-state index contributed by atoms with van der Waals surface area (Å²) in [6, 6.07) is 6.83. The van der Waals surface area contributed by atoms with Crippen molar-refractivity contribution in [3.63, 3.8) is 0 Å². The third-order valence-electron chi connectivity index (χ3n) is 3.58. The van der Waals surface area contributed by atoms with Gasteiger partial charge in [0.1, 0.15) is 17.7 Å². The number of hydrogen-bond acceptors (Lipinski definition) is 3. The van der Waals surface area contributed by atoms with Crippen LogP contribution in [0.3, 0.4) is 0 Å². The molecule has 128 valence electrons. The Bertz CT molecular complexity index is 714. The molecule has 0 radical (unpaired) electrons. The zero-order valence-electron chi connectivity index (χ0n) is 14.3. The molecule has 1 heterocycles. The second-order valence-electron chi connectivity index (χ2n) is 5.53. The summed E-state index contributed by atoms with van der Waals surface area (Å²) in [5.41, 5.74) is 1.87. The van der Waals surface area contributed by atoms with E-state index in [1.165, 1.54) is 12.1 Å². The average molecular weight is 333 g/mol. The molecular weight excluding hydrogens is 312 g/mol. The second-order valence-corrected chi connectivity index (χ2v) is 5.53. The molecule has 0 amide bonds. The van der Waals surface area contributed by atoms with Gasteiger partial charge in [0.05, 0.1) is 17.7 Å². The highest BCUT2D eigenvalue weighted by atomic mass is 19.1. The van der Waals surface area contributed by atoms with Crippen molar-refractivity contribution < 1.29 is 13.5 Å². The number of halogens is 2. The Hall–Kier alpha value is -2.50. The molecule has 0 saturated carbocycles. The molecule has 1 aromatic carbocycles. The van der Waals surface area contributed by atoms with Crippen LogP contribution in [0.4, 0.5) is 14.5 Å². The summed E-state index contributed by atoms with van der Waals surface area (Å²) in [5, 5.41) is 0. The molecule has 0 spiro atoms. The molecule has 0 aliphatic heterocycles. The Kier molecular flexibility index (Phi) is 5.84. The van der Waals surface area contributed by atoms with Gasteiger partial charge < -0.3 is 9.64 Å². The lowest BCUT2D eigenvalue weighted by molar-refractivity contribution is 0.216. The lowest BCUT2D eigenvalue weighted by Gasteiger charge is -2.15. The van der Waals surface area contributed by atoms with Crippen molar-refractivity contribution in [2.24, 2.45) is 4.99 Å². The van der Waals surface area contributed by atoms with Crippen molar-refractivity contribution >= 4 is 12.0 Å². The second kappa shape index (κ2) is 7.86. The van der Waals surface area contributed by atoms with E-state index in [4.69, 9.17) is 4.74 Å². The standard InChI is InChI=1S/C18H21F2N3O/c1-5-23(4)11-21-17-6-7-18(22-12(17)2)24-13(3)14-8-15(19)10-16(20)9-14/h6-11,13H,5H2,1-4H3/b21-11+/t13-/m0/s1. The van der Waals surface area contributed by atoms with Crippen LogP contribution in [0.25, 0.3) is 0 Å². The highest BCUT2D eigenvalue weighted by Gasteiger charge is 2.12. The molecule has 1 aromatic heterocycles. The van der Waals surface area contributed by atoms with Crippen LogP contribution in [0.15, 0.2) is 35.3 Å². The highest BCUT2D eigenvalue weighted by molar-refractivity contribution is 5.62. The van der Waals surface area contributed by atoms with Gasteiger partial charge in [-0.05, 0) is 44.5 Å². The lowest BCUT2D eigenvalue weighted by atomic mass is 10.1. The Morgan fingerprint density at radius 3 is 2.50 bits per heavy atom. The van der Waals surface area contributed by atoms with Gasteiger partial charge in [0, 0.05) is 25.7 Å². The number of nitrogens with zero attached hydrogens (tertiary/aromatic N) is 3. The van der Waals surface area contributed by atoms with E-state index in [0.717, 1.165) is 18.3 Å². The van der Waals surface area contributed by atoms with Crippen molar-refractivity contribution in [1.82, 2.24) is 9.88 Å². The number of hydrogen-bond donors (Lipinski definition) is 0. The minimum Gasteiger partial charge on any atom is -0.470 e. The fraction of sp³-hybridized carbons (Fsp3) is 0.333. The first-order chi connectivity index (χ1) is 11.4. The van der Waals surface area contributed by atoms with Gasteiger partial charge in [0.25, 0.3) is 0 Å². The molecule has 4 nitrogen and oxygen atoms in total. The summed E-state index contributed by atoms with van der Waals surface area (Å²) in [7, 11) is 1.93. The first-order valence-electron chi connectivity index (χ1n) is 7.73. The first-order valence-corrected chi connectivity index (χ1v) is 7.73. The fourth-order valence-electron chi connectivity index (χ4n) is 2.03. The van der Waals surface area contributed by atoms with E-state index in [-0.39, 0.29) is 0 Å². The van der Waals surface area contributed by atoms with Crippen molar-refractivity contribution in [2.45, 2.75) is 26.9 Å². The predicted octanol–water partition coefficient (Wildman–Crippen LogP) is 4.42. The summed E-state index contributed by atoms with van der Waals surface area (Å²) in [6.45, 7) is 6.44. The Morgan fingerprint density at radius 2 is 1.92 bits per heavy atom. The molecule has 24 heavy (non-hydrogen) atoms. The third-order valence-corrected chi connectivity index (χ3v) is 3.58. The number of aryl methyl sites for hydroxylation is 1. The van der Waals surface area contributed by atoms with Crippen LogP contribution in [0, 0.1) is 18.6 Å². The van der Waals surface area contributed by atoms with Gasteiger partial charge in [0.15, 0.2) is 0 Å². The van der Waals surface area contributed by atoms with Gasteiger partial charge in [-0.3, -0.25) is 0 Å². The number of benzene rings is 1. The molecule has 1 atom stereocenters. The zero-order valence-corrected chi connectivity index (χ0v) is 14.3. The molecule has 0 bridgehead atoms. The number of rotatable bonds is 6. The molecule has 2 rings (SSSR count). The summed E-state index contributed by atoms with van der Waals surface area (Å²) < 4.78 is 32.3. The SMILES string of the molecule is CCN(C)/C=N/c1ccc(O[C@@H](C)c2cc(F)cc(F)c2)nc1C. The predicted molar refractivity (Wildman–Crippen MR) is 90.8 cm³/mol. The van der Waals surface area contributed by atoms with E-state index in [9.17, 15) is 8.78 Å². The molecule has 2 aromatic rings. The van der Waals surface area contributed by atoms with E-state index < -0.39 is 17.7 Å². The van der Waals surface area contributed by atoms with Crippen LogP contribution >= 0.6 is 0 Å². The molecular formula is C18H21F2N3O. The van der Waals surface area contributed by atoms with E-state index in [2.05, 4.69) is 9.98 Å². The normalized spacial score (nSPS) is 12.4. The van der Waals surface area contributed by atoms with Crippen LogP contribution in [-0.2, 0) is 0 Å².